The lowest BCUT2D eigenvalue weighted by molar-refractivity contribution is 0.121. The fraction of sp³-hybridized carbons (Fsp3) is 0.368. The molecule has 0 saturated carbocycles. The van der Waals surface area contributed by atoms with Gasteiger partial charge in [0.25, 0.3) is 0 Å². The number of hydrogen-bond donors (Lipinski definition) is 0. The van der Waals surface area contributed by atoms with E-state index in [0.29, 0.717) is 5.92 Å². The Hall–Kier alpha value is -2.24. The molecule has 0 radical (unpaired) electrons. The van der Waals surface area contributed by atoms with Crippen LogP contribution in [-0.2, 0) is 17.7 Å². The van der Waals surface area contributed by atoms with E-state index in [4.69, 9.17) is 9.15 Å². The van der Waals surface area contributed by atoms with E-state index >= 15 is 0 Å². The largest absolute Gasteiger partial charge is 0.460 e. The van der Waals surface area contributed by atoms with Crippen molar-refractivity contribution in [3.8, 4) is 0 Å². The average molecular weight is 323 g/mol. The lowest BCUT2D eigenvalue weighted by atomic mass is 10.0. The van der Waals surface area contributed by atoms with Crippen molar-refractivity contribution in [3.63, 3.8) is 0 Å². The van der Waals surface area contributed by atoms with Gasteiger partial charge in [0.05, 0.1) is 25.5 Å². The molecule has 0 spiro atoms. The number of furan rings is 1. The second-order valence-corrected chi connectivity index (χ2v) is 6.33. The zero-order valence-electron chi connectivity index (χ0n) is 13.6. The molecule has 1 fully saturated rings. The molecule has 3 aromatic rings. The van der Waals surface area contributed by atoms with Crippen LogP contribution in [0.3, 0.4) is 0 Å². The maximum Gasteiger partial charge on any atom is 0.134 e. The number of nitrogens with zero attached hydrogens (tertiary/aromatic N) is 3. The number of aromatic nitrogens is 2. The number of fused-ring (bicyclic) bond motifs is 1. The van der Waals surface area contributed by atoms with Crippen LogP contribution < -0.4 is 0 Å². The standard InChI is InChI=1S/C19H21N3O2/c1-2-4-19-16(3-1)10-18(24-19)13-22-7-8-23-14-15(12-22)9-17-11-20-5-6-21-17/h1-6,10-11,15H,7-9,12-14H2/t15-/m0/s1. The molecule has 0 unspecified atom stereocenters. The van der Waals surface area contributed by atoms with Gasteiger partial charge in [0.2, 0.25) is 0 Å². The van der Waals surface area contributed by atoms with Crippen LogP contribution >= 0.6 is 0 Å². The summed E-state index contributed by atoms with van der Waals surface area (Å²) < 4.78 is 11.7. The van der Waals surface area contributed by atoms with E-state index < -0.39 is 0 Å². The molecule has 1 aliphatic heterocycles. The van der Waals surface area contributed by atoms with Crippen molar-refractivity contribution in [2.24, 2.45) is 5.92 Å². The zero-order chi connectivity index (χ0) is 16.2. The highest BCUT2D eigenvalue weighted by atomic mass is 16.5. The first-order valence-corrected chi connectivity index (χ1v) is 8.39. The van der Waals surface area contributed by atoms with Crippen molar-refractivity contribution < 1.29 is 9.15 Å². The normalized spacial score (nSPS) is 19.4. The van der Waals surface area contributed by atoms with Gasteiger partial charge in [-0.25, -0.2) is 0 Å². The fourth-order valence-electron chi connectivity index (χ4n) is 3.29. The Balaban J connectivity index is 1.44. The fourth-order valence-corrected chi connectivity index (χ4v) is 3.29. The van der Waals surface area contributed by atoms with E-state index in [9.17, 15) is 0 Å². The summed E-state index contributed by atoms with van der Waals surface area (Å²) >= 11 is 0. The third-order valence-corrected chi connectivity index (χ3v) is 4.39. The van der Waals surface area contributed by atoms with Gasteiger partial charge in [-0.1, -0.05) is 18.2 Å². The molecule has 4 rings (SSSR count). The predicted molar refractivity (Wildman–Crippen MR) is 91.5 cm³/mol. The Bertz CT molecular complexity index is 754. The number of hydrogen-bond acceptors (Lipinski definition) is 5. The summed E-state index contributed by atoms with van der Waals surface area (Å²) in [7, 11) is 0. The molecular weight excluding hydrogens is 302 g/mol. The van der Waals surface area contributed by atoms with Crippen molar-refractivity contribution in [2.45, 2.75) is 13.0 Å². The predicted octanol–water partition coefficient (Wildman–Crippen LogP) is 2.91. The molecule has 5 heteroatoms. The van der Waals surface area contributed by atoms with Crippen LogP contribution in [0.1, 0.15) is 11.5 Å². The number of ether oxygens (including phenoxy) is 1. The average Bonchev–Trinajstić information content (AvgIpc) is 2.88. The van der Waals surface area contributed by atoms with Gasteiger partial charge in [-0.2, -0.15) is 0 Å². The highest BCUT2D eigenvalue weighted by Gasteiger charge is 2.20. The Labute approximate surface area is 141 Å². The zero-order valence-corrected chi connectivity index (χ0v) is 13.6. The van der Waals surface area contributed by atoms with Crippen LogP contribution in [-0.4, -0.2) is 41.2 Å². The SMILES string of the molecule is c1ccc2oc(CN3CCOC[C@@H](Cc4cnccn4)C3)cc2c1. The maximum atomic E-state index is 5.96. The van der Waals surface area contributed by atoms with E-state index in [0.717, 1.165) is 61.7 Å². The molecule has 0 aliphatic carbocycles. The first-order valence-electron chi connectivity index (χ1n) is 8.39. The van der Waals surface area contributed by atoms with Gasteiger partial charge in [-0.3, -0.25) is 14.9 Å². The van der Waals surface area contributed by atoms with Crippen LogP contribution in [0, 0.1) is 5.92 Å². The molecule has 3 heterocycles. The second-order valence-electron chi connectivity index (χ2n) is 6.33. The Morgan fingerprint density at radius 2 is 2.17 bits per heavy atom. The van der Waals surface area contributed by atoms with E-state index in [1.807, 2.05) is 24.4 Å². The van der Waals surface area contributed by atoms with Crippen molar-refractivity contribution in [2.75, 3.05) is 26.3 Å². The number of benzene rings is 1. The molecule has 1 saturated heterocycles. The summed E-state index contributed by atoms with van der Waals surface area (Å²) in [6, 6.07) is 10.3. The van der Waals surface area contributed by atoms with E-state index in [2.05, 4.69) is 27.0 Å². The Kier molecular flexibility index (Phi) is 4.53. The molecule has 1 atom stereocenters. The lowest BCUT2D eigenvalue weighted by Crippen LogP contribution is -2.30. The van der Waals surface area contributed by atoms with Gasteiger partial charge in [0.1, 0.15) is 11.3 Å². The molecule has 1 aromatic carbocycles. The quantitative estimate of drug-likeness (QED) is 0.739. The summed E-state index contributed by atoms with van der Waals surface area (Å²) in [4.78, 5) is 10.9. The van der Waals surface area contributed by atoms with Gasteiger partial charge in [-0.05, 0) is 18.6 Å². The molecule has 24 heavy (non-hydrogen) atoms. The van der Waals surface area contributed by atoms with Crippen molar-refractivity contribution in [1.29, 1.82) is 0 Å². The molecule has 2 aromatic heterocycles. The highest BCUT2D eigenvalue weighted by Crippen LogP contribution is 2.21. The van der Waals surface area contributed by atoms with Crippen LogP contribution in [0.25, 0.3) is 11.0 Å². The minimum atomic E-state index is 0.425. The third kappa shape index (κ3) is 3.63. The molecule has 0 amide bonds. The lowest BCUT2D eigenvalue weighted by Gasteiger charge is -2.22. The van der Waals surface area contributed by atoms with Crippen LogP contribution in [0.2, 0.25) is 0 Å². The highest BCUT2D eigenvalue weighted by molar-refractivity contribution is 5.77. The van der Waals surface area contributed by atoms with Gasteiger partial charge in [-0.15, -0.1) is 0 Å². The number of rotatable bonds is 4. The summed E-state index contributed by atoms with van der Waals surface area (Å²) in [6.07, 6.45) is 6.19. The molecule has 124 valence electrons. The Morgan fingerprint density at radius 3 is 3.04 bits per heavy atom. The maximum absolute atomic E-state index is 5.96. The number of para-hydroxylation sites is 1. The molecule has 5 nitrogen and oxygen atoms in total. The van der Waals surface area contributed by atoms with E-state index in [1.165, 1.54) is 0 Å². The molecule has 0 bridgehead atoms. The Morgan fingerprint density at radius 1 is 1.21 bits per heavy atom. The first-order chi connectivity index (χ1) is 11.9. The summed E-state index contributed by atoms with van der Waals surface area (Å²) in [5.74, 6) is 1.44. The smallest absolute Gasteiger partial charge is 0.134 e. The van der Waals surface area contributed by atoms with Crippen molar-refractivity contribution in [3.05, 3.63) is 60.4 Å². The minimum Gasteiger partial charge on any atom is -0.460 e. The van der Waals surface area contributed by atoms with E-state index in [-0.39, 0.29) is 0 Å². The topological polar surface area (TPSA) is 51.4 Å². The molecular formula is C19H21N3O2. The molecule has 1 aliphatic rings. The summed E-state index contributed by atoms with van der Waals surface area (Å²) in [5.41, 5.74) is 1.98. The van der Waals surface area contributed by atoms with Gasteiger partial charge in [0, 0.05) is 43.0 Å². The second kappa shape index (κ2) is 7.11. The monoisotopic (exact) mass is 323 g/mol. The van der Waals surface area contributed by atoms with Gasteiger partial charge >= 0.3 is 0 Å². The minimum absolute atomic E-state index is 0.425. The van der Waals surface area contributed by atoms with E-state index in [1.54, 1.807) is 12.4 Å². The van der Waals surface area contributed by atoms with Gasteiger partial charge < -0.3 is 9.15 Å². The summed E-state index contributed by atoms with van der Waals surface area (Å²) in [6.45, 7) is 4.25. The third-order valence-electron chi connectivity index (χ3n) is 4.39. The van der Waals surface area contributed by atoms with Crippen molar-refractivity contribution >= 4 is 11.0 Å². The van der Waals surface area contributed by atoms with Crippen LogP contribution in [0.4, 0.5) is 0 Å². The summed E-state index contributed by atoms with van der Waals surface area (Å²) in [5, 5.41) is 1.16. The molecule has 0 N–H and O–H groups in total. The van der Waals surface area contributed by atoms with Crippen molar-refractivity contribution in [1.82, 2.24) is 14.9 Å². The van der Waals surface area contributed by atoms with Gasteiger partial charge in [0.15, 0.2) is 0 Å². The van der Waals surface area contributed by atoms with Crippen LogP contribution in [0.15, 0.2) is 53.3 Å². The first kappa shape index (κ1) is 15.3. The van der Waals surface area contributed by atoms with Crippen LogP contribution in [0.5, 0.6) is 0 Å².